The zero-order valence-electron chi connectivity index (χ0n) is 18.9. The molecule has 1 aromatic heterocycles. The Kier molecular flexibility index (Phi) is 6.74. The van der Waals surface area contributed by atoms with Crippen molar-refractivity contribution in [2.45, 2.75) is 26.1 Å². The van der Waals surface area contributed by atoms with E-state index in [-0.39, 0.29) is 16.8 Å². The largest absolute Gasteiger partial charge is 0.573 e. The van der Waals surface area contributed by atoms with Gasteiger partial charge in [-0.3, -0.25) is 0 Å². The van der Waals surface area contributed by atoms with E-state index in [0.717, 1.165) is 27.9 Å². The molecule has 3 N–H and O–H groups in total. The molecule has 0 saturated carbocycles. The second kappa shape index (κ2) is 9.75. The molecule has 0 amide bonds. The van der Waals surface area contributed by atoms with E-state index >= 15 is 0 Å². The summed E-state index contributed by atoms with van der Waals surface area (Å²) in [6.45, 7) is 4.21. The van der Waals surface area contributed by atoms with Crippen molar-refractivity contribution in [3.05, 3.63) is 78.6 Å². The molecule has 0 fully saturated rings. The molecule has 0 radical (unpaired) electrons. The van der Waals surface area contributed by atoms with Crippen LogP contribution in [0.1, 0.15) is 25.3 Å². The van der Waals surface area contributed by atoms with Crippen LogP contribution in [0.3, 0.4) is 0 Å². The first-order valence-corrected chi connectivity index (χ1v) is 11.1. The van der Waals surface area contributed by atoms with Crippen molar-refractivity contribution in [3.8, 4) is 34.0 Å². The summed E-state index contributed by atoms with van der Waals surface area (Å²) in [6, 6.07) is 19.3. The third-order valence-corrected chi connectivity index (χ3v) is 5.34. The highest BCUT2D eigenvalue weighted by atomic mass is 32.1. The number of rotatable bonds is 6. The lowest BCUT2D eigenvalue weighted by Crippen LogP contribution is -2.20. The van der Waals surface area contributed by atoms with Gasteiger partial charge in [-0.15, -0.1) is 18.3 Å². The van der Waals surface area contributed by atoms with E-state index in [4.69, 9.17) is 18.0 Å². The molecule has 3 aromatic carbocycles. The van der Waals surface area contributed by atoms with Crippen LogP contribution >= 0.6 is 12.2 Å². The fraction of sp³-hybridized carbons (Fsp3) is 0.160. The fourth-order valence-corrected chi connectivity index (χ4v) is 3.71. The summed E-state index contributed by atoms with van der Waals surface area (Å²) in [5, 5.41) is 7.69. The molecule has 35 heavy (non-hydrogen) atoms. The van der Waals surface area contributed by atoms with Crippen molar-refractivity contribution in [2.75, 3.05) is 5.32 Å². The predicted molar refractivity (Wildman–Crippen MR) is 133 cm³/mol. The number of hydrogen-bond donors (Lipinski definition) is 2. The van der Waals surface area contributed by atoms with Gasteiger partial charge in [-0.2, -0.15) is 0 Å². The molecule has 0 atom stereocenters. The van der Waals surface area contributed by atoms with Gasteiger partial charge in [0.1, 0.15) is 12.1 Å². The predicted octanol–water partition coefficient (Wildman–Crippen LogP) is 6.28. The zero-order chi connectivity index (χ0) is 25.2. The SMILES string of the molecule is CC(C)c1cc(-c2ccc(-c3ncn(-c4ccc(OC(F)(F)F)cc4)n3)cc2)ccc1NC(N)=S. The molecule has 4 rings (SSSR count). The number of benzene rings is 3. The van der Waals surface area contributed by atoms with Gasteiger partial charge in [0.15, 0.2) is 10.9 Å². The summed E-state index contributed by atoms with van der Waals surface area (Å²) < 4.78 is 42.4. The van der Waals surface area contributed by atoms with Gasteiger partial charge in [-0.1, -0.05) is 44.2 Å². The van der Waals surface area contributed by atoms with E-state index in [1.165, 1.54) is 35.3 Å². The van der Waals surface area contributed by atoms with Crippen LogP contribution in [0.4, 0.5) is 18.9 Å². The molecule has 0 unspecified atom stereocenters. The summed E-state index contributed by atoms with van der Waals surface area (Å²) in [7, 11) is 0. The number of nitrogens with two attached hydrogens (primary N) is 1. The van der Waals surface area contributed by atoms with Gasteiger partial charge in [0, 0.05) is 11.3 Å². The Morgan fingerprint density at radius 1 is 0.971 bits per heavy atom. The van der Waals surface area contributed by atoms with Crippen molar-refractivity contribution in [3.63, 3.8) is 0 Å². The van der Waals surface area contributed by atoms with Crippen molar-refractivity contribution < 1.29 is 17.9 Å². The lowest BCUT2D eigenvalue weighted by Gasteiger charge is -2.16. The summed E-state index contributed by atoms with van der Waals surface area (Å²) in [5.41, 5.74) is 11.1. The lowest BCUT2D eigenvalue weighted by molar-refractivity contribution is -0.274. The quantitative estimate of drug-likeness (QED) is 0.305. The van der Waals surface area contributed by atoms with Crippen LogP contribution < -0.4 is 15.8 Å². The number of anilines is 1. The molecule has 180 valence electrons. The minimum atomic E-state index is -4.73. The van der Waals surface area contributed by atoms with Gasteiger partial charge in [-0.25, -0.2) is 9.67 Å². The highest BCUT2D eigenvalue weighted by molar-refractivity contribution is 7.80. The van der Waals surface area contributed by atoms with Crippen LogP contribution in [0.5, 0.6) is 5.75 Å². The highest BCUT2D eigenvalue weighted by Crippen LogP contribution is 2.31. The molecule has 1 heterocycles. The molecule has 0 aliphatic rings. The van der Waals surface area contributed by atoms with Crippen LogP contribution in [0.2, 0.25) is 0 Å². The summed E-state index contributed by atoms with van der Waals surface area (Å²) in [4.78, 5) is 4.33. The number of ether oxygens (including phenoxy) is 1. The van der Waals surface area contributed by atoms with Crippen LogP contribution in [-0.2, 0) is 0 Å². The Morgan fingerprint density at radius 2 is 1.60 bits per heavy atom. The van der Waals surface area contributed by atoms with E-state index in [1.54, 1.807) is 0 Å². The van der Waals surface area contributed by atoms with Gasteiger partial charge < -0.3 is 15.8 Å². The zero-order valence-corrected chi connectivity index (χ0v) is 19.7. The van der Waals surface area contributed by atoms with Crippen LogP contribution in [0.15, 0.2) is 73.1 Å². The van der Waals surface area contributed by atoms with Crippen molar-refractivity contribution in [1.82, 2.24) is 14.8 Å². The van der Waals surface area contributed by atoms with E-state index in [0.29, 0.717) is 11.5 Å². The highest BCUT2D eigenvalue weighted by Gasteiger charge is 2.31. The maximum atomic E-state index is 12.3. The number of hydrogen-bond acceptors (Lipinski definition) is 4. The van der Waals surface area contributed by atoms with Gasteiger partial charge in [0.2, 0.25) is 0 Å². The minimum Gasteiger partial charge on any atom is -0.406 e. The van der Waals surface area contributed by atoms with E-state index in [9.17, 15) is 13.2 Å². The second-order valence-electron chi connectivity index (χ2n) is 8.08. The molecule has 0 spiro atoms. The number of aromatic nitrogens is 3. The average molecular weight is 498 g/mol. The minimum absolute atomic E-state index is 0.224. The van der Waals surface area contributed by atoms with Crippen LogP contribution in [0, 0.1) is 0 Å². The lowest BCUT2D eigenvalue weighted by atomic mass is 9.95. The molecule has 0 bridgehead atoms. The van der Waals surface area contributed by atoms with Crippen molar-refractivity contribution >= 4 is 23.0 Å². The third-order valence-electron chi connectivity index (χ3n) is 5.23. The smallest absolute Gasteiger partial charge is 0.406 e. The second-order valence-corrected chi connectivity index (χ2v) is 8.52. The van der Waals surface area contributed by atoms with Crippen LogP contribution in [-0.4, -0.2) is 26.2 Å². The Hall–Kier alpha value is -3.92. The van der Waals surface area contributed by atoms with Gasteiger partial charge in [-0.05, 0) is 71.2 Å². The average Bonchev–Trinajstić information content (AvgIpc) is 3.29. The number of alkyl halides is 3. The molecular formula is C25H22F3N5OS. The van der Waals surface area contributed by atoms with Crippen LogP contribution in [0.25, 0.3) is 28.2 Å². The summed E-state index contributed by atoms with van der Waals surface area (Å²) in [6.07, 6.45) is -3.23. The van der Waals surface area contributed by atoms with Gasteiger partial charge >= 0.3 is 6.36 Å². The first-order chi connectivity index (χ1) is 16.6. The molecule has 10 heteroatoms. The van der Waals surface area contributed by atoms with Gasteiger partial charge in [0.05, 0.1) is 5.69 Å². The Labute approximate surface area is 205 Å². The summed E-state index contributed by atoms with van der Waals surface area (Å²) >= 11 is 4.97. The maximum Gasteiger partial charge on any atom is 0.573 e. The number of halogens is 3. The van der Waals surface area contributed by atoms with E-state index in [1.807, 2.05) is 36.4 Å². The first kappa shape index (κ1) is 24.2. The maximum absolute atomic E-state index is 12.3. The molecule has 4 aromatic rings. The standard InChI is InChI=1S/C25H22F3N5OS/c1-15(2)21-13-18(7-12-22(21)31-24(29)35)16-3-5-17(6-4-16)23-30-14-33(32-23)19-8-10-20(11-9-19)34-25(26,27)28/h3-15H,1-2H3,(H3,29,31,35). The normalized spacial score (nSPS) is 11.5. The Morgan fingerprint density at radius 3 is 2.20 bits per heavy atom. The van der Waals surface area contributed by atoms with E-state index < -0.39 is 6.36 Å². The number of thiocarbonyl (C=S) groups is 1. The number of nitrogens with one attached hydrogen (secondary N) is 1. The molecule has 0 saturated heterocycles. The number of nitrogens with zero attached hydrogens (tertiary/aromatic N) is 3. The molecule has 0 aliphatic heterocycles. The van der Waals surface area contributed by atoms with Crippen molar-refractivity contribution in [1.29, 1.82) is 0 Å². The van der Waals surface area contributed by atoms with Crippen molar-refractivity contribution in [2.24, 2.45) is 5.73 Å². The third kappa shape index (κ3) is 5.96. The molecule has 6 nitrogen and oxygen atoms in total. The Balaban J connectivity index is 1.53. The molecular weight excluding hydrogens is 475 g/mol. The monoisotopic (exact) mass is 497 g/mol. The fourth-order valence-electron chi connectivity index (χ4n) is 3.60. The van der Waals surface area contributed by atoms with E-state index in [2.05, 4.69) is 40.1 Å². The molecule has 0 aliphatic carbocycles. The first-order valence-electron chi connectivity index (χ1n) is 10.7. The topological polar surface area (TPSA) is 78.0 Å². The Bertz CT molecular complexity index is 1330. The van der Waals surface area contributed by atoms with Gasteiger partial charge in [0.25, 0.3) is 0 Å². The summed E-state index contributed by atoms with van der Waals surface area (Å²) in [5.74, 6) is 0.465.